The predicted octanol–water partition coefficient (Wildman–Crippen LogP) is 0.0972. The molecule has 1 amide bonds. The number of hydrogen-bond acceptors (Lipinski definition) is 2. The maximum Gasteiger partial charge on any atom is 0.279 e. The number of aryl methyl sites for hydroxylation is 2. The van der Waals surface area contributed by atoms with Crippen LogP contribution < -0.4 is 15.1 Å². The lowest BCUT2D eigenvalue weighted by atomic mass is 10.1. The van der Waals surface area contributed by atoms with Crippen LogP contribution in [-0.2, 0) is 11.3 Å². The summed E-state index contributed by atoms with van der Waals surface area (Å²) in [6, 6.07) is 16.1. The van der Waals surface area contributed by atoms with E-state index < -0.39 is 0 Å². The molecule has 0 radical (unpaired) electrons. The summed E-state index contributed by atoms with van der Waals surface area (Å²) in [5.41, 5.74) is 5.09. The molecule has 0 saturated carbocycles. The number of rotatable bonds is 5. The van der Waals surface area contributed by atoms with Crippen LogP contribution in [0.15, 0.2) is 42.5 Å². The second-order valence-corrected chi connectivity index (χ2v) is 7.48. The van der Waals surface area contributed by atoms with Gasteiger partial charge in [-0.2, -0.15) is 5.26 Å². The summed E-state index contributed by atoms with van der Waals surface area (Å²) >= 11 is 0. The van der Waals surface area contributed by atoms with Crippen LogP contribution >= 0.6 is 0 Å². The SMILES string of the molecule is Cc1cccc(C)c1NC(=O)C[NH+]1CC[NH+](Cc2cccc(C#N)c2)CC1. The van der Waals surface area contributed by atoms with Crippen LogP contribution in [0.4, 0.5) is 5.69 Å². The van der Waals surface area contributed by atoms with Crippen molar-refractivity contribution in [3.05, 3.63) is 64.7 Å². The average molecular weight is 364 g/mol. The van der Waals surface area contributed by atoms with E-state index in [2.05, 4.69) is 17.5 Å². The Kier molecular flexibility index (Phi) is 6.23. The fourth-order valence-electron chi connectivity index (χ4n) is 3.77. The zero-order valence-electron chi connectivity index (χ0n) is 16.1. The molecule has 1 saturated heterocycles. The van der Waals surface area contributed by atoms with Crippen LogP contribution in [0.2, 0.25) is 0 Å². The first kappa shape index (κ1) is 19.1. The topological polar surface area (TPSA) is 61.8 Å². The third-order valence-corrected chi connectivity index (χ3v) is 5.33. The molecule has 0 bridgehead atoms. The van der Waals surface area contributed by atoms with Gasteiger partial charge in [-0.3, -0.25) is 4.79 Å². The molecule has 0 unspecified atom stereocenters. The van der Waals surface area contributed by atoms with Crippen molar-refractivity contribution in [2.45, 2.75) is 20.4 Å². The molecule has 3 rings (SSSR count). The van der Waals surface area contributed by atoms with Crippen LogP contribution in [0.1, 0.15) is 22.3 Å². The Morgan fingerprint density at radius 3 is 2.33 bits per heavy atom. The first-order chi connectivity index (χ1) is 13.0. The number of hydrogen-bond donors (Lipinski definition) is 3. The van der Waals surface area contributed by atoms with Crippen LogP contribution in [0.5, 0.6) is 0 Å². The highest BCUT2D eigenvalue weighted by atomic mass is 16.2. The van der Waals surface area contributed by atoms with Gasteiger partial charge in [0, 0.05) is 11.3 Å². The summed E-state index contributed by atoms with van der Waals surface area (Å²) in [6.07, 6.45) is 0. The monoisotopic (exact) mass is 364 g/mol. The molecular formula is C22H28N4O+2. The van der Waals surface area contributed by atoms with Crippen molar-refractivity contribution in [2.24, 2.45) is 0 Å². The van der Waals surface area contributed by atoms with Gasteiger partial charge >= 0.3 is 0 Å². The summed E-state index contributed by atoms with van der Waals surface area (Å²) in [6.45, 7) is 9.59. The number of benzene rings is 2. The number of anilines is 1. The molecule has 5 heteroatoms. The standard InChI is InChI=1S/C22H26N4O/c1-17-5-3-6-18(2)22(17)24-21(27)16-26-11-9-25(10-12-26)15-20-8-4-7-19(13-20)14-23/h3-8,13H,9-12,15-16H2,1-2H3,(H,24,27)/p+2. The van der Waals surface area contributed by atoms with E-state index in [-0.39, 0.29) is 5.91 Å². The van der Waals surface area contributed by atoms with Crippen LogP contribution in [0.3, 0.4) is 0 Å². The van der Waals surface area contributed by atoms with Gasteiger partial charge in [-0.15, -0.1) is 0 Å². The molecule has 0 spiro atoms. The van der Waals surface area contributed by atoms with Crippen molar-refractivity contribution in [3.63, 3.8) is 0 Å². The van der Waals surface area contributed by atoms with Gasteiger partial charge < -0.3 is 15.1 Å². The summed E-state index contributed by atoms with van der Waals surface area (Å²) in [4.78, 5) is 15.3. The fraction of sp³-hybridized carbons (Fsp3) is 0.364. The van der Waals surface area contributed by atoms with Crippen LogP contribution in [-0.4, -0.2) is 38.6 Å². The summed E-state index contributed by atoms with van der Waals surface area (Å²) < 4.78 is 0. The molecular weight excluding hydrogens is 336 g/mol. The maximum atomic E-state index is 12.5. The molecule has 1 aliphatic heterocycles. The van der Waals surface area contributed by atoms with Gasteiger partial charge in [0.15, 0.2) is 6.54 Å². The van der Waals surface area contributed by atoms with Gasteiger partial charge in [-0.05, 0) is 37.1 Å². The molecule has 2 aromatic rings. The first-order valence-corrected chi connectivity index (χ1v) is 9.57. The Morgan fingerprint density at radius 1 is 1.04 bits per heavy atom. The minimum Gasteiger partial charge on any atom is -0.322 e. The lowest BCUT2D eigenvalue weighted by Crippen LogP contribution is -3.28. The van der Waals surface area contributed by atoms with E-state index >= 15 is 0 Å². The third kappa shape index (κ3) is 5.16. The molecule has 27 heavy (non-hydrogen) atoms. The van der Waals surface area contributed by atoms with Gasteiger partial charge in [-0.1, -0.05) is 30.3 Å². The van der Waals surface area contributed by atoms with E-state index in [0.29, 0.717) is 6.54 Å². The van der Waals surface area contributed by atoms with Gasteiger partial charge in [-0.25, -0.2) is 0 Å². The molecule has 2 aromatic carbocycles. The van der Waals surface area contributed by atoms with E-state index in [9.17, 15) is 4.79 Å². The highest BCUT2D eigenvalue weighted by Crippen LogP contribution is 2.18. The molecule has 0 atom stereocenters. The Hall–Kier alpha value is -2.68. The van der Waals surface area contributed by atoms with Crippen LogP contribution in [0.25, 0.3) is 0 Å². The Labute approximate surface area is 161 Å². The lowest BCUT2D eigenvalue weighted by Gasteiger charge is -2.29. The Balaban J connectivity index is 1.48. The van der Waals surface area contributed by atoms with Gasteiger partial charge in [0.2, 0.25) is 0 Å². The van der Waals surface area contributed by atoms with E-state index in [1.807, 2.05) is 50.2 Å². The van der Waals surface area contributed by atoms with Crippen LogP contribution in [0, 0.1) is 25.2 Å². The zero-order valence-corrected chi connectivity index (χ0v) is 16.1. The molecule has 1 heterocycles. The van der Waals surface area contributed by atoms with Crippen molar-refractivity contribution >= 4 is 11.6 Å². The van der Waals surface area contributed by atoms with E-state index in [0.717, 1.165) is 55.1 Å². The number of carbonyl (C=O) groups excluding carboxylic acids is 1. The predicted molar refractivity (Wildman–Crippen MR) is 106 cm³/mol. The normalized spacial score (nSPS) is 19.3. The quantitative estimate of drug-likeness (QED) is 0.705. The average Bonchev–Trinajstić information content (AvgIpc) is 2.66. The van der Waals surface area contributed by atoms with Crippen molar-refractivity contribution in [2.75, 3.05) is 38.0 Å². The second-order valence-electron chi connectivity index (χ2n) is 7.48. The van der Waals surface area contributed by atoms with E-state index in [1.54, 1.807) is 0 Å². The van der Waals surface area contributed by atoms with E-state index in [1.165, 1.54) is 15.4 Å². The second kappa shape index (κ2) is 8.81. The number of carbonyl (C=O) groups is 1. The number of quaternary nitrogens is 2. The van der Waals surface area contributed by atoms with E-state index in [4.69, 9.17) is 5.26 Å². The van der Waals surface area contributed by atoms with Crippen molar-refractivity contribution < 1.29 is 14.6 Å². The van der Waals surface area contributed by atoms with Crippen molar-refractivity contribution in [3.8, 4) is 6.07 Å². The fourth-order valence-corrected chi connectivity index (χ4v) is 3.77. The smallest absolute Gasteiger partial charge is 0.279 e. The largest absolute Gasteiger partial charge is 0.322 e. The summed E-state index contributed by atoms with van der Waals surface area (Å²) in [7, 11) is 0. The Morgan fingerprint density at radius 2 is 1.67 bits per heavy atom. The van der Waals surface area contributed by atoms with Gasteiger partial charge in [0.05, 0.1) is 11.6 Å². The lowest BCUT2D eigenvalue weighted by molar-refractivity contribution is -1.02. The summed E-state index contributed by atoms with van der Waals surface area (Å²) in [5.74, 6) is 0.0903. The number of amides is 1. The number of nitrogens with zero attached hydrogens (tertiary/aromatic N) is 1. The van der Waals surface area contributed by atoms with Crippen molar-refractivity contribution in [1.29, 1.82) is 5.26 Å². The zero-order chi connectivity index (χ0) is 19.2. The molecule has 1 aliphatic rings. The first-order valence-electron chi connectivity index (χ1n) is 9.57. The molecule has 3 N–H and O–H groups in total. The molecule has 1 fully saturated rings. The van der Waals surface area contributed by atoms with Crippen molar-refractivity contribution in [1.82, 2.24) is 0 Å². The molecule has 5 nitrogen and oxygen atoms in total. The maximum absolute atomic E-state index is 12.5. The molecule has 0 aromatic heterocycles. The molecule has 0 aliphatic carbocycles. The number of piperazine rings is 1. The minimum absolute atomic E-state index is 0.0903. The minimum atomic E-state index is 0.0903. The summed E-state index contributed by atoms with van der Waals surface area (Å²) in [5, 5.41) is 12.1. The highest BCUT2D eigenvalue weighted by Gasteiger charge is 2.25. The molecule has 140 valence electrons. The Bertz CT molecular complexity index is 827. The number of nitrogens with one attached hydrogen (secondary N) is 3. The van der Waals surface area contributed by atoms with Gasteiger partial charge in [0.1, 0.15) is 32.7 Å². The number of nitriles is 1. The number of para-hydroxylation sites is 1. The third-order valence-electron chi connectivity index (χ3n) is 5.33. The highest BCUT2D eigenvalue weighted by molar-refractivity contribution is 5.93. The van der Waals surface area contributed by atoms with Gasteiger partial charge in [0.25, 0.3) is 5.91 Å².